The molecule has 0 bridgehead atoms. The maximum absolute atomic E-state index is 11.8. The molecule has 1 unspecified atom stereocenters. The number of aromatic nitrogens is 2. The summed E-state index contributed by atoms with van der Waals surface area (Å²) in [5.74, 6) is 0. The van der Waals surface area contributed by atoms with E-state index in [-0.39, 0.29) is 11.0 Å². The van der Waals surface area contributed by atoms with Crippen LogP contribution in [0.5, 0.6) is 0 Å². The summed E-state index contributed by atoms with van der Waals surface area (Å²) in [5, 5.41) is -0.170. The van der Waals surface area contributed by atoms with Gasteiger partial charge in [0, 0.05) is 25.5 Å². The van der Waals surface area contributed by atoms with Gasteiger partial charge in [0.15, 0.2) is 0 Å². The van der Waals surface area contributed by atoms with Gasteiger partial charge in [-0.25, -0.2) is 4.79 Å². The largest absolute Gasteiger partial charge is 0.328 e. The quantitative estimate of drug-likeness (QED) is 0.522. The van der Waals surface area contributed by atoms with E-state index >= 15 is 0 Å². The molecule has 1 heterocycles. The highest BCUT2D eigenvalue weighted by Crippen LogP contribution is 2.36. The van der Waals surface area contributed by atoms with Gasteiger partial charge in [-0.1, -0.05) is 46.4 Å². The maximum Gasteiger partial charge on any atom is 0.328 e. The first kappa shape index (κ1) is 18.1. The number of hydrogen-bond donors (Lipinski definition) is 0. The summed E-state index contributed by atoms with van der Waals surface area (Å²) in [6.45, 7) is 10.1. The summed E-state index contributed by atoms with van der Waals surface area (Å²) in [6, 6.07) is 0. The first-order valence-corrected chi connectivity index (χ1v) is 7.45. The molecule has 0 amide bonds. The third-order valence-corrected chi connectivity index (χ3v) is 3.45. The average Bonchev–Trinajstić information content (AvgIpc) is 2.57. The Morgan fingerprint density at radius 3 is 2.05 bits per heavy atom. The molecule has 108 valence electrons. The summed E-state index contributed by atoms with van der Waals surface area (Å²) < 4.78 is 3.50. The molecule has 2 rings (SSSR count). The molecule has 2 radical (unpaired) electrons. The zero-order chi connectivity index (χ0) is 15.2. The van der Waals surface area contributed by atoms with Gasteiger partial charge in [-0.05, 0) is 19.3 Å². The van der Waals surface area contributed by atoms with Crippen molar-refractivity contribution in [2.24, 2.45) is 14.1 Å². The first-order valence-electron chi connectivity index (χ1n) is 7.45. The van der Waals surface area contributed by atoms with Crippen molar-refractivity contribution < 1.29 is 0 Å². The van der Waals surface area contributed by atoms with Gasteiger partial charge in [0.2, 0.25) is 0 Å². The normalized spacial score (nSPS) is 21.2. The van der Waals surface area contributed by atoms with Crippen molar-refractivity contribution >= 4 is 7.85 Å². The lowest BCUT2D eigenvalue weighted by molar-refractivity contribution is 0.534. The molecule has 0 aromatic carbocycles. The van der Waals surface area contributed by atoms with E-state index in [1.54, 1.807) is 9.13 Å². The van der Waals surface area contributed by atoms with Gasteiger partial charge >= 0.3 is 5.69 Å². The fourth-order valence-corrected chi connectivity index (χ4v) is 2.51. The van der Waals surface area contributed by atoms with Crippen LogP contribution in [0.25, 0.3) is 0 Å². The molecule has 3 nitrogen and oxygen atoms in total. The topological polar surface area (TPSA) is 26.9 Å². The van der Waals surface area contributed by atoms with Crippen LogP contribution < -0.4 is 5.69 Å². The predicted octanol–water partition coefficient (Wildman–Crippen LogP) is 3.00. The molecule has 0 spiro atoms. The van der Waals surface area contributed by atoms with Gasteiger partial charge in [-0.2, -0.15) is 0 Å². The van der Waals surface area contributed by atoms with E-state index in [1.165, 1.54) is 0 Å². The summed E-state index contributed by atoms with van der Waals surface area (Å²) in [4.78, 5) is 11.8. The molecule has 1 aromatic heterocycles. The van der Waals surface area contributed by atoms with Crippen LogP contribution in [0, 0.1) is 0 Å². The van der Waals surface area contributed by atoms with E-state index in [0.29, 0.717) is 0 Å². The molecule has 0 saturated carbocycles. The molecule has 1 atom stereocenters. The Hall–Kier alpha value is -0.925. The summed E-state index contributed by atoms with van der Waals surface area (Å²) in [5.41, 5.74) is 2.35. The van der Waals surface area contributed by atoms with Crippen LogP contribution in [0.1, 0.15) is 58.8 Å². The molecular weight excluding hydrogens is 235 g/mol. The van der Waals surface area contributed by atoms with Gasteiger partial charge in [-0.15, -0.1) is 0 Å². The molecule has 0 saturated heterocycles. The van der Waals surface area contributed by atoms with E-state index in [4.69, 9.17) is 7.85 Å². The van der Waals surface area contributed by atoms with Crippen LogP contribution >= 0.6 is 0 Å². The summed E-state index contributed by atoms with van der Waals surface area (Å²) in [7, 11) is 9.88. The highest BCUT2D eigenvalue weighted by Gasteiger charge is 2.27. The molecule has 0 fully saturated rings. The number of nitrogens with zero attached hydrogens (tertiary/aromatic N) is 2. The second kappa shape index (κ2) is 7.61. The van der Waals surface area contributed by atoms with E-state index < -0.39 is 0 Å². The van der Waals surface area contributed by atoms with Crippen LogP contribution in [-0.2, 0) is 26.9 Å². The van der Waals surface area contributed by atoms with E-state index in [2.05, 4.69) is 6.92 Å². The smallest absolute Gasteiger partial charge is 0.299 e. The van der Waals surface area contributed by atoms with Crippen molar-refractivity contribution in [2.45, 2.75) is 65.6 Å². The van der Waals surface area contributed by atoms with E-state index in [9.17, 15) is 4.79 Å². The molecule has 1 aromatic rings. The molecule has 4 heteroatoms. The third-order valence-electron chi connectivity index (χ3n) is 3.45. The molecule has 19 heavy (non-hydrogen) atoms. The molecule has 1 aliphatic carbocycles. The predicted molar refractivity (Wildman–Crippen MR) is 84.1 cm³/mol. The second-order valence-electron chi connectivity index (χ2n) is 4.98. The van der Waals surface area contributed by atoms with Crippen molar-refractivity contribution in [3.63, 3.8) is 0 Å². The molecular formula is C15H29BN2O. The van der Waals surface area contributed by atoms with Crippen molar-refractivity contribution in [2.75, 3.05) is 0 Å². The highest BCUT2D eigenvalue weighted by atomic mass is 16.1. The van der Waals surface area contributed by atoms with Gasteiger partial charge < -0.3 is 0 Å². The van der Waals surface area contributed by atoms with E-state index in [1.807, 2.05) is 41.8 Å². The number of rotatable bonds is 0. The van der Waals surface area contributed by atoms with Crippen molar-refractivity contribution in [1.29, 1.82) is 0 Å². The van der Waals surface area contributed by atoms with Gasteiger partial charge in [-0.3, -0.25) is 9.13 Å². The lowest BCUT2D eigenvalue weighted by atomic mass is 9.65. The first-order chi connectivity index (χ1) is 8.92. The lowest BCUT2D eigenvalue weighted by Gasteiger charge is -2.22. The second-order valence-corrected chi connectivity index (χ2v) is 4.98. The fourth-order valence-electron chi connectivity index (χ4n) is 2.51. The Morgan fingerprint density at radius 1 is 1.05 bits per heavy atom. The van der Waals surface area contributed by atoms with Crippen LogP contribution in [0.15, 0.2) is 4.79 Å². The van der Waals surface area contributed by atoms with Crippen molar-refractivity contribution in [3.8, 4) is 0 Å². The minimum Gasteiger partial charge on any atom is -0.299 e. The zero-order valence-electron chi connectivity index (χ0n) is 13.7. The third kappa shape index (κ3) is 4.02. The summed E-state index contributed by atoms with van der Waals surface area (Å²) >= 11 is 0. The fraction of sp³-hybridized carbons (Fsp3) is 0.800. The van der Waals surface area contributed by atoms with Gasteiger partial charge in [0.25, 0.3) is 0 Å². The Bertz CT molecular complexity index is 444. The maximum atomic E-state index is 11.8. The molecule has 0 aliphatic heterocycles. The number of fused-ring (bicyclic) bond motifs is 1. The minimum atomic E-state index is -0.170. The number of imidazole rings is 1. The zero-order valence-corrected chi connectivity index (χ0v) is 13.7. The minimum absolute atomic E-state index is 0.0673. The van der Waals surface area contributed by atoms with E-state index in [0.717, 1.165) is 37.1 Å². The van der Waals surface area contributed by atoms with Crippen LogP contribution in [0.3, 0.4) is 0 Å². The van der Waals surface area contributed by atoms with Gasteiger partial charge in [0.1, 0.15) is 0 Å². The van der Waals surface area contributed by atoms with Crippen LogP contribution in [0.2, 0.25) is 5.31 Å². The Labute approximate surface area is 119 Å². The Kier molecular flexibility index (Phi) is 7.24. The highest BCUT2D eigenvalue weighted by molar-refractivity contribution is 6.15. The standard InChI is InChI=1S/C11H17BN2O.2C2H6/c1-11(12)6-4-5-8-9(7-11)14(3)10(15)13(8)2;2*1-2/h4-7H2,1-3H3;2*1-2H3. The molecule has 1 aliphatic rings. The monoisotopic (exact) mass is 264 g/mol. The van der Waals surface area contributed by atoms with Crippen LogP contribution in [0.4, 0.5) is 0 Å². The summed E-state index contributed by atoms with van der Waals surface area (Å²) in [6.07, 6.45) is 3.86. The van der Waals surface area contributed by atoms with Gasteiger partial charge in [0.05, 0.1) is 7.85 Å². The lowest BCUT2D eigenvalue weighted by Crippen LogP contribution is -2.22. The molecule has 0 N–H and O–H groups in total. The SMILES string of the molecule is CC.CC.[B]C1(C)CCCc2c(n(C)c(=O)n2C)C1. The average molecular weight is 264 g/mol. The van der Waals surface area contributed by atoms with Crippen molar-refractivity contribution in [3.05, 3.63) is 21.9 Å². The van der Waals surface area contributed by atoms with Crippen LogP contribution in [-0.4, -0.2) is 17.0 Å². The Balaban J connectivity index is 0.000000741. The number of hydrogen-bond acceptors (Lipinski definition) is 1. The Morgan fingerprint density at radius 2 is 1.53 bits per heavy atom. The van der Waals surface area contributed by atoms with Crippen molar-refractivity contribution in [1.82, 2.24) is 9.13 Å².